The van der Waals surface area contributed by atoms with Crippen LogP contribution in [-0.2, 0) is 9.53 Å². The highest BCUT2D eigenvalue weighted by Gasteiger charge is 2.70. The van der Waals surface area contributed by atoms with Crippen molar-refractivity contribution in [2.75, 3.05) is 6.61 Å². The van der Waals surface area contributed by atoms with E-state index < -0.39 is 17.3 Å². The van der Waals surface area contributed by atoms with Gasteiger partial charge in [-0.25, -0.2) is 4.79 Å². The minimum absolute atomic E-state index is 0.176. The largest absolute Gasteiger partial charge is 0.458 e. The van der Waals surface area contributed by atoms with Gasteiger partial charge in [0.25, 0.3) is 0 Å². The molecule has 0 aromatic carbocycles. The molecule has 5 heteroatoms. The van der Waals surface area contributed by atoms with Crippen molar-refractivity contribution in [3.63, 3.8) is 0 Å². The number of hydrogen-bond acceptors (Lipinski definition) is 5. The van der Waals surface area contributed by atoms with E-state index in [0.29, 0.717) is 19.4 Å². The molecule has 0 radical (unpaired) electrons. The second kappa shape index (κ2) is 5.83. The van der Waals surface area contributed by atoms with E-state index in [0.717, 1.165) is 50.5 Å². The van der Waals surface area contributed by atoms with Gasteiger partial charge in [-0.05, 0) is 80.1 Å². The van der Waals surface area contributed by atoms with Crippen molar-refractivity contribution < 1.29 is 24.9 Å². The normalized spacial score (nSPS) is 55.8. The van der Waals surface area contributed by atoms with Crippen molar-refractivity contribution in [1.82, 2.24) is 0 Å². The Bertz CT molecular complexity index is 733. The summed E-state index contributed by atoms with van der Waals surface area (Å²) in [6.07, 6.45) is 8.33. The fourth-order valence-corrected chi connectivity index (χ4v) is 8.38. The molecule has 156 valence electrons. The third kappa shape index (κ3) is 2.21. The molecule has 0 aromatic heterocycles. The van der Waals surface area contributed by atoms with Crippen LogP contribution in [0.1, 0.15) is 71.6 Å². The van der Waals surface area contributed by atoms with Crippen LogP contribution in [-0.4, -0.2) is 45.2 Å². The lowest BCUT2D eigenvalue weighted by Crippen LogP contribution is -2.67. The fraction of sp³-hybridized carbons (Fsp3) is 0.870. The standard InChI is InChI=1S/C23H34O5/c1-20-7-3-15(24)12-22(20,26)9-5-18-17(20)4-8-21(2)16(6-10-23(18,21)27)14-11-19(25)28-13-14/h11,15-18,24,26-27H,3-10,12-13H2,1-2H3/t15-,16+,17-,18+,20+,21+,22+,23-/m0/s1. The van der Waals surface area contributed by atoms with Gasteiger partial charge in [-0.2, -0.15) is 0 Å². The zero-order valence-corrected chi connectivity index (χ0v) is 17.1. The zero-order chi connectivity index (χ0) is 19.9. The van der Waals surface area contributed by atoms with Gasteiger partial charge < -0.3 is 20.1 Å². The SMILES string of the molecule is C[C@]12CC[C@H](O)C[C@]1(O)CC[C@@H]1[C@@H]2CC[C@]2(C)[C@@H](C3=CC(=O)OC3)CC[C@]12O. The number of esters is 1. The molecule has 1 aliphatic heterocycles. The summed E-state index contributed by atoms with van der Waals surface area (Å²) in [4.78, 5) is 11.6. The Morgan fingerprint density at radius 1 is 0.964 bits per heavy atom. The number of rotatable bonds is 1. The maximum atomic E-state index is 12.1. The first kappa shape index (κ1) is 19.1. The van der Waals surface area contributed by atoms with Crippen molar-refractivity contribution in [2.24, 2.45) is 28.6 Å². The maximum Gasteiger partial charge on any atom is 0.331 e. The molecule has 4 aliphatic carbocycles. The fourth-order valence-electron chi connectivity index (χ4n) is 8.38. The van der Waals surface area contributed by atoms with Crippen molar-refractivity contribution >= 4 is 5.97 Å². The molecule has 0 amide bonds. The number of ether oxygens (including phenoxy) is 1. The molecule has 0 unspecified atom stereocenters. The summed E-state index contributed by atoms with van der Waals surface area (Å²) in [5.74, 6) is 0.409. The first-order valence-corrected chi connectivity index (χ1v) is 11.1. The molecule has 28 heavy (non-hydrogen) atoms. The quantitative estimate of drug-likeness (QED) is 0.599. The topological polar surface area (TPSA) is 87.0 Å². The van der Waals surface area contributed by atoms with Gasteiger partial charge >= 0.3 is 5.97 Å². The molecule has 5 nitrogen and oxygen atoms in total. The Morgan fingerprint density at radius 3 is 2.39 bits per heavy atom. The molecule has 5 aliphatic rings. The van der Waals surface area contributed by atoms with Crippen LogP contribution in [0.25, 0.3) is 0 Å². The average molecular weight is 391 g/mol. The predicted molar refractivity (Wildman–Crippen MR) is 103 cm³/mol. The number of aliphatic hydroxyl groups is 3. The molecule has 3 N–H and O–H groups in total. The molecule has 5 rings (SSSR count). The summed E-state index contributed by atoms with van der Waals surface area (Å²) >= 11 is 0. The number of hydrogen-bond donors (Lipinski definition) is 3. The lowest BCUT2D eigenvalue weighted by Gasteiger charge is -2.66. The van der Waals surface area contributed by atoms with Gasteiger partial charge in [0.1, 0.15) is 6.61 Å². The first-order chi connectivity index (χ1) is 13.1. The van der Waals surface area contributed by atoms with Crippen LogP contribution >= 0.6 is 0 Å². The minimum atomic E-state index is -0.817. The Morgan fingerprint density at radius 2 is 1.68 bits per heavy atom. The van der Waals surface area contributed by atoms with E-state index in [4.69, 9.17) is 4.74 Å². The van der Waals surface area contributed by atoms with Gasteiger partial charge in [-0.15, -0.1) is 0 Å². The molecule has 1 heterocycles. The molecule has 0 aromatic rings. The van der Waals surface area contributed by atoms with Crippen LogP contribution in [0.5, 0.6) is 0 Å². The Labute approximate surface area is 167 Å². The van der Waals surface area contributed by atoms with Crippen molar-refractivity contribution in [3.8, 4) is 0 Å². The number of aliphatic hydroxyl groups excluding tert-OH is 1. The van der Waals surface area contributed by atoms with Crippen LogP contribution in [0.4, 0.5) is 0 Å². The molecular weight excluding hydrogens is 356 g/mol. The summed E-state index contributed by atoms with van der Waals surface area (Å²) < 4.78 is 5.18. The maximum absolute atomic E-state index is 12.1. The first-order valence-electron chi connectivity index (χ1n) is 11.1. The molecule has 8 atom stereocenters. The summed E-state index contributed by atoms with van der Waals surface area (Å²) in [5, 5.41) is 33.8. The lowest BCUT2D eigenvalue weighted by atomic mass is 9.42. The molecule has 0 bridgehead atoms. The number of carbonyl (C=O) groups excluding carboxylic acids is 1. The van der Waals surface area contributed by atoms with Crippen molar-refractivity contribution in [3.05, 3.63) is 11.6 Å². The van der Waals surface area contributed by atoms with E-state index in [1.165, 1.54) is 0 Å². The molecule has 4 saturated carbocycles. The summed E-state index contributed by atoms with van der Waals surface area (Å²) in [5.41, 5.74) is -0.999. The van der Waals surface area contributed by atoms with Gasteiger partial charge in [0, 0.05) is 17.9 Å². The van der Waals surface area contributed by atoms with E-state index in [-0.39, 0.29) is 34.6 Å². The highest BCUT2D eigenvalue weighted by atomic mass is 16.5. The molecule has 0 spiro atoms. The van der Waals surface area contributed by atoms with Crippen molar-refractivity contribution in [2.45, 2.75) is 88.9 Å². The van der Waals surface area contributed by atoms with Gasteiger partial charge in [-0.1, -0.05) is 13.8 Å². The predicted octanol–water partition coefficient (Wildman–Crippen LogP) is 2.72. The zero-order valence-electron chi connectivity index (χ0n) is 17.1. The third-order valence-electron chi connectivity index (χ3n) is 10.1. The van der Waals surface area contributed by atoms with Crippen molar-refractivity contribution in [1.29, 1.82) is 0 Å². The summed E-state index contributed by atoms with van der Waals surface area (Å²) in [6, 6.07) is 0. The third-order valence-corrected chi connectivity index (χ3v) is 10.1. The van der Waals surface area contributed by atoms with E-state index >= 15 is 0 Å². The Hall–Kier alpha value is -0.910. The van der Waals surface area contributed by atoms with Gasteiger partial charge in [0.05, 0.1) is 17.3 Å². The smallest absolute Gasteiger partial charge is 0.331 e. The number of carbonyl (C=O) groups is 1. The van der Waals surface area contributed by atoms with E-state index in [1.807, 2.05) is 0 Å². The lowest BCUT2D eigenvalue weighted by molar-refractivity contribution is -0.254. The van der Waals surface area contributed by atoms with E-state index in [2.05, 4.69) is 13.8 Å². The van der Waals surface area contributed by atoms with E-state index in [9.17, 15) is 20.1 Å². The Balaban J connectivity index is 1.49. The number of fused-ring (bicyclic) bond motifs is 5. The van der Waals surface area contributed by atoms with Gasteiger partial charge in [0.2, 0.25) is 0 Å². The average Bonchev–Trinajstić information content (AvgIpc) is 3.17. The van der Waals surface area contributed by atoms with E-state index in [1.54, 1.807) is 6.08 Å². The van der Waals surface area contributed by atoms with Gasteiger partial charge in [-0.3, -0.25) is 0 Å². The summed E-state index contributed by atoms with van der Waals surface area (Å²) in [6.45, 7) is 4.80. The van der Waals surface area contributed by atoms with Gasteiger partial charge in [0.15, 0.2) is 0 Å². The van der Waals surface area contributed by atoms with Crippen LogP contribution in [0.2, 0.25) is 0 Å². The second-order valence-corrected chi connectivity index (χ2v) is 10.9. The van der Waals surface area contributed by atoms with Crippen LogP contribution in [0.3, 0.4) is 0 Å². The molecule has 4 fully saturated rings. The Kier molecular flexibility index (Phi) is 3.97. The highest BCUT2D eigenvalue weighted by molar-refractivity contribution is 5.85. The monoisotopic (exact) mass is 390 g/mol. The summed E-state index contributed by atoms with van der Waals surface area (Å²) in [7, 11) is 0. The van der Waals surface area contributed by atoms with Crippen LogP contribution in [0, 0.1) is 28.6 Å². The number of cyclic esters (lactones) is 1. The van der Waals surface area contributed by atoms with Crippen LogP contribution < -0.4 is 0 Å². The molecular formula is C23H34O5. The second-order valence-electron chi connectivity index (χ2n) is 10.9. The molecule has 0 saturated heterocycles. The minimum Gasteiger partial charge on any atom is -0.458 e. The highest BCUT2D eigenvalue weighted by Crippen LogP contribution is 2.70. The van der Waals surface area contributed by atoms with Crippen LogP contribution in [0.15, 0.2) is 11.6 Å².